The highest BCUT2D eigenvalue weighted by Crippen LogP contribution is 2.26. The minimum absolute atomic E-state index is 0.0291. The van der Waals surface area contributed by atoms with Crippen LogP contribution in [-0.4, -0.2) is 5.78 Å². The molecule has 0 aromatic heterocycles. The van der Waals surface area contributed by atoms with Crippen LogP contribution in [-0.2, 0) is 6.42 Å². The molecule has 0 atom stereocenters. The first-order valence-corrected chi connectivity index (χ1v) is 7.74. The number of Topliss-reactive ketones (excluding diaryl/α,β-unsaturated/α-hetero) is 1. The third-order valence-corrected chi connectivity index (χ3v) is 4.37. The fourth-order valence-electron chi connectivity index (χ4n) is 1.64. The second-order valence-electron chi connectivity index (χ2n) is 3.96. The van der Waals surface area contributed by atoms with E-state index < -0.39 is 0 Å². The van der Waals surface area contributed by atoms with Crippen LogP contribution < -0.4 is 0 Å². The molecule has 0 aliphatic carbocycles. The van der Waals surface area contributed by atoms with Crippen LogP contribution in [0, 0.1) is 0 Å². The van der Waals surface area contributed by atoms with Crippen LogP contribution in [0.4, 0.5) is 0 Å². The number of halogens is 4. The Morgan fingerprint density at radius 2 is 1.79 bits per heavy atom. The lowest BCUT2D eigenvalue weighted by atomic mass is 10.0. The maximum atomic E-state index is 12.3. The fraction of sp³-hybridized carbons (Fsp3) is 0.0714. The van der Waals surface area contributed by atoms with Gasteiger partial charge in [0.1, 0.15) is 0 Å². The number of hydrogen-bond donors (Lipinski definition) is 0. The normalized spacial score (nSPS) is 10.5. The van der Waals surface area contributed by atoms with Crippen molar-refractivity contribution in [1.82, 2.24) is 0 Å². The number of benzene rings is 2. The largest absolute Gasteiger partial charge is 0.294 e. The predicted molar refractivity (Wildman–Crippen MR) is 86.3 cm³/mol. The second kappa shape index (κ2) is 6.40. The van der Waals surface area contributed by atoms with Crippen molar-refractivity contribution in [3.05, 3.63) is 66.5 Å². The van der Waals surface area contributed by atoms with Gasteiger partial charge in [-0.15, -0.1) is 0 Å². The lowest BCUT2D eigenvalue weighted by molar-refractivity contribution is 0.0992. The molecule has 0 N–H and O–H groups in total. The monoisotopic (exact) mass is 420 g/mol. The SMILES string of the molecule is O=C(Cc1ccc(Br)cc1Cl)c1cc(Cl)ccc1Br. The third-order valence-electron chi connectivity index (χ3n) is 2.59. The van der Waals surface area contributed by atoms with E-state index >= 15 is 0 Å². The fourth-order valence-corrected chi connectivity index (χ4v) is 3.02. The van der Waals surface area contributed by atoms with E-state index in [-0.39, 0.29) is 12.2 Å². The molecule has 98 valence electrons. The Bertz CT molecular complexity index is 641. The number of hydrogen-bond acceptors (Lipinski definition) is 1. The van der Waals surface area contributed by atoms with Crippen molar-refractivity contribution >= 4 is 60.8 Å². The zero-order chi connectivity index (χ0) is 14.0. The maximum Gasteiger partial charge on any atom is 0.168 e. The molecule has 0 fully saturated rings. The zero-order valence-electron chi connectivity index (χ0n) is 9.59. The van der Waals surface area contributed by atoms with Crippen LogP contribution in [0.15, 0.2) is 45.3 Å². The molecule has 0 aliphatic rings. The van der Waals surface area contributed by atoms with E-state index in [0.29, 0.717) is 15.6 Å². The van der Waals surface area contributed by atoms with Crippen molar-refractivity contribution < 1.29 is 4.79 Å². The Morgan fingerprint density at radius 1 is 1.05 bits per heavy atom. The molecule has 1 nitrogen and oxygen atoms in total. The summed E-state index contributed by atoms with van der Waals surface area (Å²) in [7, 11) is 0. The molecule has 0 radical (unpaired) electrons. The smallest absolute Gasteiger partial charge is 0.168 e. The summed E-state index contributed by atoms with van der Waals surface area (Å²) in [6.07, 6.45) is 0.241. The van der Waals surface area contributed by atoms with Crippen LogP contribution >= 0.6 is 55.1 Å². The van der Waals surface area contributed by atoms with Crippen molar-refractivity contribution in [3.63, 3.8) is 0 Å². The third kappa shape index (κ3) is 3.82. The van der Waals surface area contributed by atoms with Gasteiger partial charge in [-0.3, -0.25) is 4.79 Å². The van der Waals surface area contributed by atoms with Gasteiger partial charge in [-0.1, -0.05) is 61.1 Å². The van der Waals surface area contributed by atoms with Crippen molar-refractivity contribution in [3.8, 4) is 0 Å². The van der Waals surface area contributed by atoms with Gasteiger partial charge >= 0.3 is 0 Å². The zero-order valence-corrected chi connectivity index (χ0v) is 14.3. The molecule has 0 saturated carbocycles. The Kier molecular flexibility index (Phi) is 5.07. The van der Waals surface area contributed by atoms with Gasteiger partial charge in [0, 0.05) is 31.0 Å². The summed E-state index contributed by atoms with van der Waals surface area (Å²) in [5.74, 6) is -0.0291. The lowest BCUT2D eigenvalue weighted by Crippen LogP contribution is -2.05. The van der Waals surface area contributed by atoms with Crippen molar-refractivity contribution in [2.45, 2.75) is 6.42 Å². The number of rotatable bonds is 3. The molecule has 0 bridgehead atoms. The Labute approximate surface area is 138 Å². The highest BCUT2D eigenvalue weighted by molar-refractivity contribution is 9.10. The minimum Gasteiger partial charge on any atom is -0.294 e. The van der Waals surface area contributed by atoms with Gasteiger partial charge in [0.05, 0.1) is 0 Å². The Hall–Kier alpha value is -0.350. The van der Waals surface area contributed by atoms with E-state index in [9.17, 15) is 4.79 Å². The molecule has 0 saturated heterocycles. The summed E-state index contributed by atoms with van der Waals surface area (Å²) in [4.78, 5) is 12.3. The van der Waals surface area contributed by atoms with E-state index in [1.165, 1.54) is 0 Å². The summed E-state index contributed by atoms with van der Waals surface area (Å²) in [5, 5.41) is 1.11. The van der Waals surface area contributed by atoms with Gasteiger partial charge < -0.3 is 0 Å². The molecular weight excluding hydrogens is 415 g/mol. The standard InChI is InChI=1S/C14H8Br2Cl2O/c15-9-2-1-8(13(18)6-9)5-14(19)11-7-10(17)3-4-12(11)16/h1-4,6-7H,5H2. The highest BCUT2D eigenvalue weighted by atomic mass is 79.9. The summed E-state index contributed by atoms with van der Waals surface area (Å²) in [5.41, 5.74) is 1.35. The summed E-state index contributed by atoms with van der Waals surface area (Å²) in [6.45, 7) is 0. The molecule has 2 rings (SSSR count). The minimum atomic E-state index is -0.0291. The molecule has 0 aliphatic heterocycles. The summed E-state index contributed by atoms with van der Waals surface area (Å²) >= 11 is 18.7. The molecular formula is C14H8Br2Cl2O. The molecule has 0 amide bonds. The van der Waals surface area contributed by atoms with Gasteiger partial charge in [-0.2, -0.15) is 0 Å². The van der Waals surface area contributed by atoms with Crippen LogP contribution in [0.3, 0.4) is 0 Å². The van der Waals surface area contributed by atoms with E-state index in [4.69, 9.17) is 23.2 Å². The van der Waals surface area contributed by atoms with E-state index in [0.717, 1.165) is 14.5 Å². The second-order valence-corrected chi connectivity index (χ2v) is 6.57. The van der Waals surface area contributed by atoms with Crippen molar-refractivity contribution in [1.29, 1.82) is 0 Å². The number of ketones is 1. The van der Waals surface area contributed by atoms with Crippen LogP contribution in [0.1, 0.15) is 15.9 Å². The molecule has 19 heavy (non-hydrogen) atoms. The topological polar surface area (TPSA) is 17.1 Å². The molecule has 2 aromatic rings. The van der Waals surface area contributed by atoms with Gasteiger partial charge in [0.2, 0.25) is 0 Å². The summed E-state index contributed by atoms with van der Waals surface area (Å²) < 4.78 is 1.62. The van der Waals surface area contributed by atoms with Crippen LogP contribution in [0.2, 0.25) is 10.0 Å². The van der Waals surface area contributed by atoms with E-state index in [1.54, 1.807) is 24.3 Å². The van der Waals surface area contributed by atoms with Gasteiger partial charge in [-0.25, -0.2) is 0 Å². The van der Waals surface area contributed by atoms with E-state index in [1.807, 2.05) is 12.1 Å². The average molecular weight is 423 g/mol. The first-order chi connectivity index (χ1) is 8.97. The quantitative estimate of drug-likeness (QED) is 0.559. The Morgan fingerprint density at radius 3 is 2.47 bits per heavy atom. The van der Waals surface area contributed by atoms with Crippen LogP contribution in [0.5, 0.6) is 0 Å². The van der Waals surface area contributed by atoms with E-state index in [2.05, 4.69) is 31.9 Å². The predicted octanol–water partition coefficient (Wildman–Crippen LogP) is 5.94. The van der Waals surface area contributed by atoms with Gasteiger partial charge in [0.15, 0.2) is 5.78 Å². The van der Waals surface area contributed by atoms with Crippen molar-refractivity contribution in [2.75, 3.05) is 0 Å². The number of carbonyl (C=O) groups is 1. The maximum absolute atomic E-state index is 12.3. The molecule has 0 heterocycles. The Balaban J connectivity index is 2.28. The first-order valence-electron chi connectivity index (χ1n) is 5.39. The molecule has 0 spiro atoms. The van der Waals surface area contributed by atoms with Crippen molar-refractivity contribution in [2.24, 2.45) is 0 Å². The number of carbonyl (C=O) groups excluding carboxylic acids is 1. The first kappa shape index (κ1) is 15.0. The molecule has 5 heteroatoms. The lowest BCUT2D eigenvalue weighted by Gasteiger charge is -2.06. The van der Waals surface area contributed by atoms with Gasteiger partial charge in [0.25, 0.3) is 0 Å². The molecule has 2 aromatic carbocycles. The van der Waals surface area contributed by atoms with Gasteiger partial charge in [-0.05, 0) is 35.9 Å². The molecule has 0 unspecified atom stereocenters. The highest BCUT2D eigenvalue weighted by Gasteiger charge is 2.13. The summed E-state index contributed by atoms with van der Waals surface area (Å²) in [6, 6.07) is 10.6. The average Bonchev–Trinajstić information content (AvgIpc) is 2.35. The van der Waals surface area contributed by atoms with Crippen LogP contribution in [0.25, 0.3) is 0 Å².